The van der Waals surface area contributed by atoms with Crippen molar-refractivity contribution < 1.29 is 20.1 Å². The minimum atomic E-state index is 0. The zero-order valence-electron chi connectivity index (χ0n) is 22.6. The fraction of sp³-hybridized carbons (Fsp3) is 0.0588. The number of para-hydroxylation sites is 3. The second-order valence-electron chi connectivity index (χ2n) is 9.28. The van der Waals surface area contributed by atoms with Crippen LogP contribution in [0.3, 0.4) is 0 Å². The Labute approximate surface area is 254 Å². The molecule has 0 saturated heterocycles. The predicted octanol–water partition coefficient (Wildman–Crippen LogP) is 7.64. The van der Waals surface area contributed by atoms with Gasteiger partial charge in [0.25, 0.3) is 0 Å². The zero-order chi connectivity index (χ0) is 27.3. The van der Waals surface area contributed by atoms with E-state index < -0.39 is 0 Å². The number of hydrogen-bond donors (Lipinski definition) is 0. The molecular formula is C34H27IrN6. The van der Waals surface area contributed by atoms with E-state index in [-0.39, 0.29) is 20.1 Å². The minimum Gasteiger partial charge on any atom is -0.477 e. The third-order valence-electron chi connectivity index (χ3n) is 6.61. The van der Waals surface area contributed by atoms with Crippen molar-refractivity contribution in [1.29, 1.82) is 0 Å². The molecule has 0 spiro atoms. The van der Waals surface area contributed by atoms with Crippen LogP contribution in [0, 0.1) is 32.6 Å². The van der Waals surface area contributed by atoms with E-state index in [1.54, 1.807) is 12.4 Å². The van der Waals surface area contributed by atoms with Gasteiger partial charge in [0, 0.05) is 36.2 Å². The molecule has 4 aromatic carbocycles. The van der Waals surface area contributed by atoms with Gasteiger partial charge in [-0.05, 0) is 37.1 Å². The first-order valence-electron chi connectivity index (χ1n) is 13.0. The summed E-state index contributed by atoms with van der Waals surface area (Å²) in [4.78, 5) is 17.4. The third-order valence-corrected chi connectivity index (χ3v) is 6.61. The van der Waals surface area contributed by atoms with Crippen molar-refractivity contribution in [2.24, 2.45) is 0 Å². The van der Waals surface area contributed by atoms with Crippen LogP contribution in [0.5, 0.6) is 0 Å². The van der Waals surface area contributed by atoms with Gasteiger partial charge in [0.1, 0.15) is 11.6 Å². The third kappa shape index (κ3) is 5.82. The summed E-state index contributed by atoms with van der Waals surface area (Å²) in [6, 6.07) is 38.7. The quantitative estimate of drug-likeness (QED) is 0.176. The maximum Gasteiger partial charge on any atom is 3.00 e. The summed E-state index contributed by atoms with van der Waals surface area (Å²) in [5.74, 6) is 2.56. The number of rotatable bonds is 4. The van der Waals surface area contributed by atoms with Gasteiger partial charge in [-0.2, -0.15) is 30.3 Å². The normalized spacial score (nSPS) is 11.8. The van der Waals surface area contributed by atoms with Crippen LogP contribution in [0.25, 0.3) is 17.1 Å². The zero-order valence-corrected chi connectivity index (χ0v) is 25.0. The van der Waals surface area contributed by atoms with Crippen LogP contribution < -0.4 is 9.80 Å². The van der Waals surface area contributed by atoms with Gasteiger partial charge in [0.15, 0.2) is 0 Å². The number of aromatic nitrogens is 4. The van der Waals surface area contributed by atoms with Crippen LogP contribution in [0.15, 0.2) is 122 Å². The first-order valence-corrected chi connectivity index (χ1v) is 13.0. The van der Waals surface area contributed by atoms with Gasteiger partial charge in [-0.1, -0.05) is 36.4 Å². The van der Waals surface area contributed by atoms with Gasteiger partial charge in [-0.3, -0.25) is 4.98 Å². The Bertz CT molecular complexity index is 1620. The van der Waals surface area contributed by atoms with Gasteiger partial charge in [-0.15, -0.1) is 48.3 Å². The summed E-state index contributed by atoms with van der Waals surface area (Å²) in [6.07, 6.45) is 7.26. The number of fused-ring (bicyclic) bond motifs is 1. The van der Waals surface area contributed by atoms with Crippen molar-refractivity contribution in [3.05, 3.63) is 152 Å². The molecule has 0 fully saturated rings. The molecule has 6 nitrogen and oxygen atoms in total. The van der Waals surface area contributed by atoms with E-state index >= 15 is 0 Å². The van der Waals surface area contributed by atoms with E-state index in [2.05, 4.69) is 63.7 Å². The molecule has 0 radical (unpaired) electrons. The molecule has 6 aromatic rings. The molecule has 7 heteroatoms. The summed E-state index contributed by atoms with van der Waals surface area (Å²) >= 11 is 0. The molecule has 0 amide bonds. The Balaban J connectivity index is 0.000000162. The number of anilines is 4. The Morgan fingerprint density at radius 3 is 1.95 bits per heavy atom. The number of imidazole rings is 1. The Hall–Kier alpha value is -4.58. The summed E-state index contributed by atoms with van der Waals surface area (Å²) in [5, 5.41) is 0. The SMILES string of the molecule is Cc1cccc(C)c1-n1ccnc1-c1[c-]cccc1.[Ir+3].[c-]1ccccc1N1[CH-]N(c2ccccc2)c2nccnc21. The molecule has 0 saturated carbocycles. The Morgan fingerprint density at radius 1 is 0.634 bits per heavy atom. The van der Waals surface area contributed by atoms with E-state index in [9.17, 15) is 0 Å². The minimum absolute atomic E-state index is 0. The van der Waals surface area contributed by atoms with Crippen molar-refractivity contribution in [1.82, 2.24) is 19.5 Å². The number of hydrogen-bond acceptors (Lipinski definition) is 5. The monoisotopic (exact) mass is 712 g/mol. The average molecular weight is 712 g/mol. The Kier molecular flexibility index (Phi) is 8.68. The molecular weight excluding hydrogens is 685 g/mol. The van der Waals surface area contributed by atoms with Gasteiger partial charge < -0.3 is 14.4 Å². The van der Waals surface area contributed by atoms with E-state index in [1.807, 2.05) is 108 Å². The van der Waals surface area contributed by atoms with Crippen LogP contribution in [0.1, 0.15) is 11.1 Å². The molecule has 0 N–H and O–H groups in total. The van der Waals surface area contributed by atoms with Crippen LogP contribution in [0.4, 0.5) is 23.0 Å². The molecule has 1 aliphatic heterocycles. The topological polar surface area (TPSA) is 50.1 Å². The van der Waals surface area contributed by atoms with Crippen molar-refractivity contribution in [2.75, 3.05) is 9.80 Å². The average Bonchev–Trinajstić information content (AvgIpc) is 3.65. The van der Waals surface area contributed by atoms with Gasteiger partial charge in [0.2, 0.25) is 0 Å². The van der Waals surface area contributed by atoms with E-state index in [0.717, 1.165) is 34.4 Å². The molecule has 0 atom stereocenters. The van der Waals surface area contributed by atoms with E-state index in [4.69, 9.17) is 0 Å². The van der Waals surface area contributed by atoms with Crippen molar-refractivity contribution in [3.8, 4) is 17.1 Å². The van der Waals surface area contributed by atoms with E-state index in [0.29, 0.717) is 0 Å². The number of benzene rings is 4. The maximum atomic E-state index is 4.48. The molecule has 2 aromatic heterocycles. The van der Waals surface area contributed by atoms with Crippen molar-refractivity contribution >= 4 is 23.0 Å². The number of aryl methyl sites for hydroxylation is 2. The summed E-state index contributed by atoms with van der Waals surface area (Å²) in [7, 11) is 0. The fourth-order valence-electron chi connectivity index (χ4n) is 4.78. The number of nitrogens with zero attached hydrogens (tertiary/aromatic N) is 6. The predicted molar refractivity (Wildman–Crippen MR) is 160 cm³/mol. The van der Waals surface area contributed by atoms with Crippen molar-refractivity contribution in [3.63, 3.8) is 0 Å². The molecule has 1 aliphatic rings. The van der Waals surface area contributed by atoms with Gasteiger partial charge in [-0.25, -0.2) is 9.97 Å². The fourth-order valence-corrected chi connectivity index (χ4v) is 4.78. The summed E-state index contributed by atoms with van der Waals surface area (Å²) in [5.41, 5.74) is 6.70. The molecule has 0 aliphatic carbocycles. The first-order chi connectivity index (χ1) is 19.7. The largest absolute Gasteiger partial charge is 3.00 e. The molecule has 41 heavy (non-hydrogen) atoms. The second-order valence-corrected chi connectivity index (χ2v) is 9.28. The second kappa shape index (κ2) is 12.7. The van der Waals surface area contributed by atoms with Crippen LogP contribution in [-0.4, -0.2) is 19.5 Å². The molecule has 202 valence electrons. The summed E-state index contributed by atoms with van der Waals surface area (Å²) < 4.78 is 2.14. The molecule has 7 rings (SSSR count). The maximum absolute atomic E-state index is 4.48. The van der Waals surface area contributed by atoms with Crippen LogP contribution in [0.2, 0.25) is 0 Å². The van der Waals surface area contributed by atoms with E-state index in [1.165, 1.54) is 16.8 Å². The first kappa shape index (κ1) is 28.0. The summed E-state index contributed by atoms with van der Waals surface area (Å²) in [6.45, 7) is 6.24. The molecule has 0 unspecified atom stereocenters. The standard InChI is InChI=1S/C17H12N4.C17H15N2.Ir/c1-3-7-14(8-4-1)20-13-21(15-9-5-2-6-10-15)17-16(20)18-11-12-19-17;1-13-7-6-8-14(2)16(13)19-12-11-18-17(19)15-9-4-3-5-10-15;/h1-9,11-13H;3-9,11-12H,1-2H3;/q-2;-1;+3. The van der Waals surface area contributed by atoms with Gasteiger partial charge in [0.05, 0.1) is 5.82 Å². The molecule has 3 heterocycles. The Morgan fingerprint density at radius 2 is 1.29 bits per heavy atom. The van der Waals surface area contributed by atoms with Crippen LogP contribution >= 0.6 is 0 Å². The van der Waals surface area contributed by atoms with Crippen LogP contribution in [-0.2, 0) is 20.1 Å². The molecule has 0 bridgehead atoms. The van der Waals surface area contributed by atoms with Crippen molar-refractivity contribution in [2.45, 2.75) is 13.8 Å². The van der Waals surface area contributed by atoms with Gasteiger partial charge >= 0.3 is 20.1 Å². The smallest absolute Gasteiger partial charge is 0.477 e.